The Bertz CT molecular complexity index is 1270. The second kappa shape index (κ2) is 9.40. The first-order valence-corrected chi connectivity index (χ1v) is 13.2. The standard InChI is InChI=1S/C24H21BrN4O2S2/c1-2-28-23(16-13-15(25)11-12-19(16)30)26-27-24(28)32-14-22(31)29-17-7-3-5-9-20(17)33-21-10-6-4-8-18(21)29/h3-13,17,20,30H,2,14H2,1H3/t17-,20-/m1/s1. The van der Waals surface area contributed by atoms with Crippen molar-refractivity contribution in [1.29, 1.82) is 0 Å². The van der Waals surface area contributed by atoms with E-state index in [-0.39, 0.29) is 28.7 Å². The number of nitrogens with zero attached hydrogens (tertiary/aromatic N) is 4. The highest BCUT2D eigenvalue weighted by molar-refractivity contribution is 9.10. The van der Waals surface area contributed by atoms with Crippen molar-refractivity contribution in [2.45, 2.75) is 34.8 Å². The second-order valence-electron chi connectivity index (χ2n) is 7.57. The van der Waals surface area contributed by atoms with E-state index >= 15 is 0 Å². The number of aromatic nitrogens is 3. The molecule has 1 aromatic heterocycles. The highest BCUT2D eigenvalue weighted by Crippen LogP contribution is 2.44. The number of aromatic hydroxyl groups is 1. The summed E-state index contributed by atoms with van der Waals surface area (Å²) in [6.45, 7) is 2.61. The number of carbonyl (C=O) groups excluding carboxylic acids is 1. The number of hydrogen-bond donors (Lipinski definition) is 1. The third-order valence-corrected chi connectivity index (χ3v) is 8.32. The number of amides is 1. The summed E-state index contributed by atoms with van der Waals surface area (Å²) in [5, 5.41) is 19.8. The van der Waals surface area contributed by atoms with Gasteiger partial charge in [-0.15, -0.1) is 22.0 Å². The third-order valence-electron chi connectivity index (χ3n) is 5.57. The molecule has 2 aliphatic rings. The average Bonchev–Trinajstić information content (AvgIpc) is 3.25. The predicted octanol–water partition coefficient (Wildman–Crippen LogP) is 5.53. The van der Waals surface area contributed by atoms with Crippen LogP contribution in [0.3, 0.4) is 0 Å². The molecule has 0 saturated heterocycles. The number of halogens is 1. The smallest absolute Gasteiger partial charge is 0.238 e. The summed E-state index contributed by atoms with van der Waals surface area (Å²) in [7, 11) is 0. The van der Waals surface area contributed by atoms with Crippen LogP contribution in [0.2, 0.25) is 0 Å². The highest BCUT2D eigenvalue weighted by atomic mass is 79.9. The monoisotopic (exact) mass is 540 g/mol. The molecule has 0 saturated carbocycles. The molecule has 1 aliphatic heterocycles. The molecule has 2 heterocycles. The lowest BCUT2D eigenvalue weighted by Crippen LogP contribution is -2.48. The van der Waals surface area contributed by atoms with Gasteiger partial charge in [0.15, 0.2) is 11.0 Å². The number of allylic oxidation sites excluding steroid dienone is 2. The molecule has 0 bridgehead atoms. The zero-order valence-electron chi connectivity index (χ0n) is 17.8. The molecule has 0 radical (unpaired) electrons. The number of rotatable bonds is 5. The maximum Gasteiger partial charge on any atom is 0.238 e. The van der Waals surface area contributed by atoms with E-state index in [1.807, 2.05) is 52.8 Å². The van der Waals surface area contributed by atoms with Crippen LogP contribution in [-0.4, -0.2) is 42.8 Å². The molecule has 0 fully saturated rings. The van der Waals surface area contributed by atoms with Gasteiger partial charge in [0.1, 0.15) is 5.75 Å². The Morgan fingerprint density at radius 1 is 1.18 bits per heavy atom. The minimum absolute atomic E-state index is 0.0128. The normalized spacial score (nSPS) is 18.8. The summed E-state index contributed by atoms with van der Waals surface area (Å²) in [5.74, 6) is 0.979. The van der Waals surface area contributed by atoms with E-state index in [1.54, 1.807) is 23.9 Å². The summed E-state index contributed by atoms with van der Waals surface area (Å²) < 4.78 is 2.77. The van der Waals surface area contributed by atoms with Gasteiger partial charge in [-0.05, 0) is 37.3 Å². The van der Waals surface area contributed by atoms with E-state index in [0.717, 1.165) is 15.1 Å². The number of carbonyl (C=O) groups is 1. The van der Waals surface area contributed by atoms with Gasteiger partial charge in [0.05, 0.1) is 28.3 Å². The number of benzene rings is 2. The fourth-order valence-corrected chi connectivity index (χ4v) is 6.52. The van der Waals surface area contributed by atoms with Crippen molar-refractivity contribution < 1.29 is 9.90 Å². The number of phenolic OH excluding ortho intramolecular Hbond substituents is 1. The van der Waals surface area contributed by atoms with Crippen molar-refractivity contribution in [2.75, 3.05) is 10.7 Å². The molecule has 2 aromatic carbocycles. The Kier molecular flexibility index (Phi) is 6.36. The Labute approximate surface area is 208 Å². The van der Waals surface area contributed by atoms with Crippen LogP contribution in [0.5, 0.6) is 5.75 Å². The van der Waals surface area contributed by atoms with Gasteiger partial charge in [0.25, 0.3) is 0 Å². The summed E-state index contributed by atoms with van der Waals surface area (Å²) in [4.78, 5) is 16.5. The zero-order chi connectivity index (χ0) is 22.9. The van der Waals surface area contributed by atoms with Crippen LogP contribution in [0, 0.1) is 0 Å². The van der Waals surface area contributed by atoms with Crippen LogP contribution >= 0.6 is 39.5 Å². The number of thioether (sulfide) groups is 2. The molecule has 5 rings (SSSR count). The predicted molar refractivity (Wildman–Crippen MR) is 137 cm³/mol. The van der Waals surface area contributed by atoms with Crippen molar-refractivity contribution in [2.24, 2.45) is 0 Å². The number of anilines is 1. The molecule has 1 amide bonds. The maximum atomic E-state index is 13.5. The lowest BCUT2D eigenvalue weighted by molar-refractivity contribution is -0.116. The van der Waals surface area contributed by atoms with Gasteiger partial charge in [-0.3, -0.25) is 4.79 Å². The van der Waals surface area contributed by atoms with Gasteiger partial charge >= 0.3 is 0 Å². The molecule has 1 aliphatic carbocycles. The minimum atomic E-state index is -0.0128. The van der Waals surface area contributed by atoms with Crippen LogP contribution in [0.15, 0.2) is 81.3 Å². The molecule has 9 heteroatoms. The van der Waals surface area contributed by atoms with Crippen LogP contribution in [0.25, 0.3) is 11.4 Å². The van der Waals surface area contributed by atoms with E-state index < -0.39 is 0 Å². The minimum Gasteiger partial charge on any atom is -0.507 e. The number of hydrogen-bond acceptors (Lipinski definition) is 6. The SMILES string of the molecule is CCn1c(SCC(=O)N2c3ccccc3S[C@@H]3C=CC=C[C@H]32)nnc1-c1cc(Br)ccc1O. The lowest BCUT2D eigenvalue weighted by atomic mass is 10.0. The summed E-state index contributed by atoms with van der Waals surface area (Å²) in [6, 6.07) is 13.3. The molecule has 0 unspecified atom stereocenters. The lowest BCUT2D eigenvalue weighted by Gasteiger charge is -2.40. The summed E-state index contributed by atoms with van der Waals surface area (Å²) in [6.07, 6.45) is 8.30. The van der Waals surface area contributed by atoms with Crippen LogP contribution in [0.1, 0.15) is 6.92 Å². The molecule has 6 nitrogen and oxygen atoms in total. The van der Waals surface area contributed by atoms with Crippen molar-refractivity contribution in [1.82, 2.24) is 14.8 Å². The Balaban J connectivity index is 1.40. The van der Waals surface area contributed by atoms with Gasteiger partial charge in [-0.25, -0.2) is 0 Å². The van der Waals surface area contributed by atoms with Crippen molar-refractivity contribution in [3.63, 3.8) is 0 Å². The van der Waals surface area contributed by atoms with Crippen LogP contribution in [0.4, 0.5) is 5.69 Å². The number of para-hydroxylation sites is 1. The molecule has 0 spiro atoms. The fourth-order valence-electron chi connectivity index (χ4n) is 4.04. The number of fused-ring (bicyclic) bond motifs is 2. The maximum absolute atomic E-state index is 13.5. The first-order valence-electron chi connectivity index (χ1n) is 10.5. The molecule has 2 atom stereocenters. The Hall–Kier alpha value is -2.49. The average molecular weight is 541 g/mol. The van der Waals surface area contributed by atoms with E-state index in [2.05, 4.69) is 44.3 Å². The largest absolute Gasteiger partial charge is 0.507 e. The van der Waals surface area contributed by atoms with Gasteiger partial charge in [0.2, 0.25) is 5.91 Å². The van der Waals surface area contributed by atoms with Gasteiger partial charge in [-0.1, -0.05) is 64.1 Å². The highest BCUT2D eigenvalue weighted by Gasteiger charge is 2.36. The van der Waals surface area contributed by atoms with E-state index in [9.17, 15) is 9.90 Å². The van der Waals surface area contributed by atoms with E-state index in [4.69, 9.17) is 0 Å². The molecular weight excluding hydrogens is 520 g/mol. The molecular formula is C24H21BrN4O2S2. The number of phenols is 1. The second-order valence-corrected chi connectivity index (χ2v) is 10.7. The summed E-state index contributed by atoms with van der Waals surface area (Å²) in [5.41, 5.74) is 1.55. The van der Waals surface area contributed by atoms with Gasteiger partial charge in [-0.2, -0.15) is 0 Å². The van der Waals surface area contributed by atoms with Gasteiger partial charge in [0, 0.05) is 15.9 Å². The van der Waals surface area contributed by atoms with Crippen molar-refractivity contribution in [3.8, 4) is 17.1 Å². The van der Waals surface area contributed by atoms with Crippen molar-refractivity contribution in [3.05, 3.63) is 71.2 Å². The van der Waals surface area contributed by atoms with Crippen molar-refractivity contribution >= 4 is 51.0 Å². The quantitative estimate of drug-likeness (QED) is 0.429. The van der Waals surface area contributed by atoms with Crippen LogP contribution in [-0.2, 0) is 11.3 Å². The van der Waals surface area contributed by atoms with Gasteiger partial charge < -0.3 is 14.6 Å². The van der Waals surface area contributed by atoms with Crippen LogP contribution < -0.4 is 4.90 Å². The first-order chi connectivity index (χ1) is 16.1. The zero-order valence-corrected chi connectivity index (χ0v) is 21.0. The fraction of sp³-hybridized carbons (Fsp3) is 0.208. The molecule has 1 N–H and O–H groups in total. The third kappa shape index (κ3) is 4.25. The summed E-state index contributed by atoms with van der Waals surface area (Å²) >= 11 is 6.61. The molecule has 33 heavy (non-hydrogen) atoms. The van der Waals surface area contributed by atoms with E-state index in [1.165, 1.54) is 11.8 Å². The molecule has 168 valence electrons. The topological polar surface area (TPSA) is 71.2 Å². The Morgan fingerprint density at radius 2 is 2.00 bits per heavy atom. The van der Waals surface area contributed by atoms with E-state index in [0.29, 0.717) is 23.1 Å². The first kappa shape index (κ1) is 22.3. The molecule has 3 aromatic rings. The Morgan fingerprint density at radius 3 is 2.85 bits per heavy atom.